The molecule has 32 heavy (non-hydrogen) atoms. The van der Waals surface area contributed by atoms with E-state index in [1.165, 1.54) is 23.4 Å². The molecule has 1 aromatic carbocycles. The Hall–Kier alpha value is -3.14. The third-order valence-electron chi connectivity index (χ3n) is 5.49. The number of rotatable bonds is 7. The molecule has 4 amide bonds. The first-order valence-corrected chi connectivity index (χ1v) is 11.4. The number of ether oxygens (including phenoxy) is 2. The summed E-state index contributed by atoms with van der Waals surface area (Å²) in [6, 6.07) is 5.13. The maximum atomic E-state index is 12.9. The number of hydrogen-bond acceptors (Lipinski definition) is 7. The van der Waals surface area contributed by atoms with Gasteiger partial charge in [-0.05, 0) is 29.7 Å². The number of hydrogen-bond donors (Lipinski definition) is 1. The zero-order valence-electron chi connectivity index (χ0n) is 18.2. The molecule has 10 heteroatoms. The fourth-order valence-corrected chi connectivity index (χ4v) is 4.88. The van der Waals surface area contributed by atoms with Gasteiger partial charge in [-0.25, -0.2) is 4.79 Å². The summed E-state index contributed by atoms with van der Waals surface area (Å²) in [4.78, 5) is 44.1. The first-order valence-electron chi connectivity index (χ1n) is 10.4. The Morgan fingerprint density at radius 1 is 1.31 bits per heavy atom. The van der Waals surface area contributed by atoms with E-state index in [4.69, 9.17) is 9.47 Å². The van der Waals surface area contributed by atoms with Crippen molar-refractivity contribution in [1.29, 1.82) is 0 Å². The number of urea groups is 1. The highest BCUT2D eigenvalue weighted by atomic mass is 32.2. The normalized spacial score (nSPS) is 19.6. The highest BCUT2D eigenvalue weighted by molar-refractivity contribution is 8.03. The van der Waals surface area contributed by atoms with Crippen LogP contribution in [0.15, 0.2) is 33.7 Å². The predicted molar refractivity (Wildman–Crippen MR) is 120 cm³/mol. The van der Waals surface area contributed by atoms with Crippen molar-refractivity contribution in [3.05, 3.63) is 34.2 Å². The lowest BCUT2D eigenvalue weighted by molar-refractivity contribution is -0.407. The van der Waals surface area contributed by atoms with Gasteiger partial charge < -0.3 is 14.8 Å². The Kier molecular flexibility index (Phi) is 6.31. The van der Waals surface area contributed by atoms with Gasteiger partial charge in [-0.15, -0.1) is 16.8 Å². The summed E-state index contributed by atoms with van der Waals surface area (Å²) in [6.07, 6.45) is 3.33. The van der Waals surface area contributed by atoms with Crippen LogP contribution in [0.25, 0.3) is 0 Å². The molecule has 0 aliphatic carbocycles. The number of carbonyl (C=O) groups excluding carboxylic acids is 3. The fourth-order valence-electron chi connectivity index (χ4n) is 3.78. The molecule has 3 aliphatic heterocycles. The molecule has 0 aromatic heterocycles. The lowest BCUT2D eigenvalue weighted by Crippen LogP contribution is -2.52. The molecule has 3 heterocycles. The molecule has 168 valence electrons. The smallest absolute Gasteiger partial charge is 0.445 e. The van der Waals surface area contributed by atoms with E-state index >= 15 is 0 Å². The predicted octanol–water partition coefficient (Wildman–Crippen LogP) is 2.15. The summed E-state index contributed by atoms with van der Waals surface area (Å²) in [5.41, 5.74) is 1.84. The highest BCUT2D eigenvalue weighted by Gasteiger charge is 2.48. The SMILES string of the molecule is CCCC1=C(SCC(=O)NCc2ccc3c(c2)OCO3)C2C(=O)N(C)C(=O)[N+](C)=C2N=C1. The Bertz CT molecular complexity index is 1080. The van der Waals surface area contributed by atoms with Crippen molar-refractivity contribution in [2.24, 2.45) is 10.9 Å². The van der Waals surface area contributed by atoms with Crippen molar-refractivity contribution in [3.8, 4) is 11.5 Å². The minimum atomic E-state index is -0.666. The van der Waals surface area contributed by atoms with Gasteiger partial charge in [0.1, 0.15) is 6.21 Å². The largest absolute Gasteiger partial charge is 0.454 e. The summed E-state index contributed by atoms with van der Waals surface area (Å²) in [5, 5.41) is 2.91. The Morgan fingerprint density at radius 2 is 2.09 bits per heavy atom. The van der Waals surface area contributed by atoms with E-state index in [2.05, 4.69) is 10.3 Å². The third-order valence-corrected chi connectivity index (χ3v) is 6.70. The van der Waals surface area contributed by atoms with E-state index in [0.29, 0.717) is 23.9 Å². The number of nitrogens with one attached hydrogen (secondary N) is 1. The van der Waals surface area contributed by atoms with Crippen LogP contribution in [-0.2, 0) is 16.1 Å². The van der Waals surface area contributed by atoms with Crippen LogP contribution < -0.4 is 14.8 Å². The number of carbonyl (C=O) groups is 3. The number of amides is 4. The van der Waals surface area contributed by atoms with E-state index in [9.17, 15) is 14.4 Å². The van der Waals surface area contributed by atoms with Crippen molar-refractivity contribution in [2.45, 2.75) is 26.3 Å². The van der Waals surface area contributed by atoms with Crippen LogP contribution in [0.2, 0.25) is 0 Å². The highest BCUT2D eigenvalue weighted by Crippen LogP contribution is 2.36. The number of imide groups is 1. The standard InChI is InChI=1S/C22H24N4O5S/c1-4-5-14-10-24-20-18(21(28)26(3)22(29)25(20)2)19(14)32-11-17(27)23-9-13-6-7-15-16(8-13)31-12-30-15/h6-8,10,18H,4-5,9,11-12H2,1-3H3/p+1. The second-order valence-corrected chi connectivity index (χ2v) is 8.70. The van der Waals surface area contributed by atoms with Gasteiger partial charge in [0, 0.05) is 11.4 Å². The maximum Gasteiger partial charge on any atom is 0.445 e. The monoisotopic (exact) mass is 457 g/mol. The molecule has 0 spiro atoms. The molecular formula is C22H25N4O5S+. The van der Waals surface area contributed by atoms with Crippen molar-refractivity contribution in [2.75, 3.05) is 26.6 Å². The molecule has 4 rings (SSSR count). The molecule has 1 N–H and O–H groups in total. The molecule has 9 nitrogen and oxygen atoms in total. The number of dihydropyridines is 1. The molecule has 1 aromatic rings. The molecule has 1 atom stereocenters. The summed E-state index contributed by atoms with van der Waals surface area (Å²) >= 11 is 1.33. The average Bonchev–Trinajstić information content (AvgIpc) is 3.27. The van der Waals surface area contributed by atoms with Crippen molar-refractivity contribution in [1.82, 2.24) is 10.2 Å². The first-order chi connectivity index (χ1) is 15.4. The molecule has 0 radical (unpaired) electrons. The molecule has 3 aliphatic rings. The van der Waals surface area contributed by atoms with E-state index in [-0.39, 0.29) is 24.4 Å². The Labute approximate surface area is 190 Å². The van der Waals surface area contributed by atoms with Crippen LogP contribution in [0.3, 0.4) is 0 Å². The third kappa shape index (κ3) is 4.14. The van der Waals surface area contributed by atoms with Gasteiger partial charge in [0.2, 0.25) is 12.7 Å². The van der Waals surface area contributed by atoms with Crippen LogP contribution in [0.5, 0.6) is 11.5 Å². The van der Waals surface area contributed by atoms with Crippen LogP contribution in [-0.4, -0.2) is 66.0 Å². The topological polar surface area (TPSA) is 100 Å². The van der Waals surface area contributed by atoms with Crippen molar-refractivity contribution in [3.63, 3.8) is 0 Å². The number of aliphatic imine (C=N–C) groups is 1. The second-order valence-electron chi connectivity index (χ2n) is 7.68. The second kappa shape index (κ2) is 9.15. The van der Waals surface area contributed by atoms with Gasteiger partial charge in [-0.3, -0.25) is 9.59 Å². The lowest BCUT2D eigenvalue weighted by atomic mass is 9.96. The van der Waals surface area contributed by atoms with Crippen LogP contribution in [0.1, 0.15) is 25.3 Å². The maximum absolute atomic E-state index is 12.9. The van der Waals surface area contributed by atoms with Crippen LogP contribution >= 0.6 is 11.8 Å². The Balaban J connectivity index is 1.46. The summed E-state index contributed by atoms with van der Waals surface area (Å²) in [5.74, 6) is 0.783. The van der Waals surface area contributed by atoms with Crippen molar-refractivity contribution < 1.29 is 28.4 Å². The zero-order chi connectivity index (χ0) is 22.8. The number of nitrogens with zero attached hydrogens (tertiary/aromatic N) is 3. The van der Waals surface area contributed by atoms with Gasteiger partial charge >= 0.3 is 11.9 Å². The summed E-state index contributed by atoms with van der Waals surface area (Å²) < 4.78 is 12.1. The van der Waals surface area contributed by atoms with E-state index in [1.807, 2.05) is 25.1 Å². The number of fused-ring (bicyclic) bond motifs is 2. The number of thioether (sulfide) groups is 1. The van der Waals surface area contributed by atoms with Gasteiger partial charge in [0.25, 0.3) is 5.84 Å². The van der Waals surface area contributed by atoms with Gasteiger partial charge in [0.15, 0.2) is 17.4 Å². The van der Waals surface area contributed by atoms with E-state index in [0.717, 1.165) is 33.8 Å². The minimum absolute atomic E-state index is 0.152. The minimum Gasteiger partial charge on any atom is -0.454 e. The summed E-state index contributed by atoms with van der Waals surface area (Å²) in [6.45, 7) is 2.61. The summed E-state index contributed by atoms with van der Waals surface area (Å²) in [7, 11) is 3.08. The lowest BCUT2D eigenvalue weighted by Gasteiger charge is -2.28. The van der Waals surface area contributed by atoms with Gasteiger partial charge in [0.05, 0.1) is 19.8 Å². The molecule has 0 fully saturated rings. The number of amidine groups is 1. The number of allylic oxidation sites excluding steroid dienone is 1. The first kappa shape index (κ1) is 22.1. The Morgan fingerprint density at radius 3 is 2.88 bits per heavy atom. The molecule has 0 bridgehead atoms. The average molecular weight is 458 g/mol. The molecule has 0 saturated carbocycles. The number of benzene rings is 1. The van der Waals surface area contributed by atoms with Crippen LogP contribution in [0, 0.1) is 5.92 Å². The quantitative estimate of drug-likeness (QED) is 0.630. The molecule has 0 saturated heterocycles. The van der Waals surface area contributed by atoms with Gasteiger partial charge in [-0.2, -0.15) is 9.48 Å². The van der Waals surface area contributed by atoms with Crippen LogP contribution in [0.4, 0.5) is 4.79 Å². The van der Waals surface area contributed by atoms with E-state index < -0.39 is 11.9 Å². The molecular weight excluding hydrogens is 432 g/mol. The van der Waals surface area contributed by atoms with Gasteiger partial charge in [-0.1, -0.05) is 19.4 Å². The zero-order valence-corrected chi connectivity index (χ0v) is 19.0. The van der Waals surface area contributed by atoms with E-state index in [1.54, 1.807) is 13.3 Å². The fraction of sp³-hybridized carbons (Fsp3) is 0.409. The molecule has 1 unspecified atom stereocenters. The van der Waals surface area contributed by atoms with Crippen molar-refractivity contribution >= 4 is 41.7 Å².